The molecule has 88 valence electrons. The molecule has 2 N–H and O–H groups in total. The summed E-state index contributed by atoms with van der Waals surface area (Å²) < 4.78 is 5.42. The van der Waals surface area contributed by atoms with Crippen molar-refractivity contribution >= 4 is 40.5 Å². The van der Waals surface area contributed by atoms with Crippen LogP contribution in [0.1, 0.15) is 0 Å². The van der Waals surface area contributed by atoms with Crippen molar-refractivity contribution in [2.24, 2.45) is 0 Å². The van der Waals surface area contributed by atoms with Crippen molar-refractivity contribution in [1.82, 2.24) is 9.97 Å². The van der Waals surface area contributed by atoms with Gasteiger partial charge in [-0.1, -0.05) is 34.8 Å². The van der Waals surface area contributed by atoms with Crippen LogP contribution in [0.5, 0.6) is 11.6 Å². The van der Waals surface area contributed by atoms with Crippen molar-refractivity contribution in [2.75, 3.05) is 5.73 Å². The Kier molecular flexibility index (Phi) is 3.57. The molecule has 0 radical (unpaired) electrons. The van der Waals surface area contributed by atoms with Crippen LogP contribution in [0.15, 0.2) is 24.5 Å². The van der Waals surface area contributed by atoms with Crippen LogP contribution in [-0.2, 0) is 0 Å². The van der Waals surface area contributed by atoms with Crippen molar-refractivity contribution in [2.45, 2.75) is 0 Å². The fraction of sp³-hybridized carbons (Fsp3) is 0. The average molecular weight is 291 g/mol. The Morgan fingerprint density at radius 1 is 1.00 bits per heavy atom. The quantitative estimate of drug-likeness (QED) is 0.854. The van der Waals surface area contributed by atoms with Gasteiger partial charge in [-0.15, -0.1) is 0 Å². The number of rotatable bonds is 2. The van der Waals surface area contributed by atoms with E-state index in [1.54, 1.807) is 18.2 Å². The molecule has 2 aromatic rings. The Morgan fingerprint density at radius 2 is 1.65 bits per heavy atom. The van der Waals surface area contributed by atoms with Crippen LogP contribution in [-0.4, -0.2) is 9.97 Å². The highest BCUT2D eigenvalue weighted by Gasteiger charge is 2.09. The standard InChI is InChI=1S/C10H6Cl3N3O/c11-5-1-6(12)3-7(2-5)17-10-8(14)9(13)15-4-16-10/h1-4H,14H2. The van der Waals surface area contributed by atoms with E-state index in [0.29, 0.717) is 15.8 Å². The molecule has 0 unspecified atom stereocenters. The summed E-state index contributed by atoms with van der Waals surface area (Å²) in [5, 5.41) is 1.03. The topological polar surface area (TPSA) is 61.0 Å². The van der Waals surface area contributed by atoms with E-state index in [2.05, 4.69) is 9.97 Å². The van der Waals surface area contributed by atoms with Crippen molar-refractivity contribution in [3.63, 3.8) is 0 Å². The molecule has 0 aliphatic heterocycles. The van der Waals surface area contributed by atoms with Crippen LogP contribution < -0.4 is 10.5 Å². The van der Waals surface area contributed by atoms with Gasteiger partial charge in [0.2, 0.25) is 5.88 Å². The molecule has 1 aromatic heterocycles. The third-order valence-corrected chi connectivity index (χ3v) is 2.59. The smallest absolute Gasteiger partial charge is 0.247 e. The number of hydrogen-bond donors (Lipinski definition) is 1. The second-order valence-corrected chi connectivity index (χ2v) is 4.32. The minimum absolute atomic E-state index is 0.128. The molecule has 1 aromatic carbocycles. The van der Waals surface area contributed by atoms with E-state index in [9.17, 15) is 0 Å². The van der Waals surface area contributed by atoms with Gasteiger partial charge >= 0.3 is 0 Å². The SMILES string of the molecule is Nc1c(Cl)ncnc1Oc1cc(Cl)cc(Cl)c1. The van der Waals surface area contributed by atoms with Gasteiger partial charge in [0.1, 0.15) is 17.8 Å². The number of nitrogen functional groups attached to an aromatic ring is 1. The molecule has 17 heavy (non-hydrogen) atoms. The number of benzene rings is 1. The predicted octanol–water partition coefficient (Wildman–Crippen LogP) is 3.81. The highest BCUT2D eigenvalue weighted by molar-refractivity contribution is 6.34. The van der Waals surface area contributed by atoms with Gasteiger partial charge < -0.3 is 10.5 Å². The van der Waals surface area contributed by atoms with Crippen molar-refractivity contribution in [3.05, 3.63) is 39.7 Å². The van der Waals surface area contributed by atoms with Crippen LogP contribution >= 0.6 is 34.8 Å². The van der Waals surface area contributed by atoms with Crippen LogP contribution in [0.2, 0.25) is 15.2 Å². The number of halogens is 3. The summed E-state index contributed by atoms with van der Waals surface area (Å²) >= 11 is 17.4. The molecule has 0 spiro atoms. The predicted molar refractivity (Wildman–Crippen MR) is 68.0 cm³/mol. The molecular formula is C10H6Cl3N3O. The molecule has 4 nitrogen and oxygen atoms in total. The molecule has 1 heterocycles. The molecule has 2 rings (SSSR count). The average Bonchev–Trinajstić information content (AvgIpc) is 2.23. The fourth-order valence-corrected chi connectivity index (χ4v) is 1.77. The summed E-state index contributed by atoms with van der Waals surface area (Å²) in [6.07, 6.45) is 1.25. The second-order valence-electron chi connectivity index (χ2n) is 3.09. The van der Waals surface area contributed by atoms with Gasteiger partial charge in [-0.3, -0.25) is 0 Å². The lowest BCUT2D eigenvalue weighted by Gasteiger charge is -2.08. The Balaban J connectivity index is 2.34. The first-order chi connectivity index (χ1) is 8.06. The molecule has 0 aliphatic rings. The lowest BCUT2D eigenvalue weighted by Crippen LogP contribution is -1.97. The largest absolute Gasteiger partial charge is 0.437 e. The zero-order valence-electron chi connectivity index (χ0n) is 8.32. The first-order valence-corrected chi connectivity index (χ1v) is 5.59. The summed E-state index contributed by atoms with van der Waals surface area (Å²) in [6, 6.07) is 4.76. The molecule has 0 fully saturated rings. The van der Waals surface area contributed by atoms with Gasteiger partial charge in [0.15, 0.2) is 5.15 Å². The maximum Gasteiger partial charge on any atom is 0.247 e. The van der Waals surface area contributed by atoms with E-state index in [4.69, 9.17) is 45.3 Å². The zero-order valence-corrected chi connectivity index (χ0v) is 10.6. The summed E-state index contributed by atoms with van der Waals surface area (Å²) in [4.78, 5) is 7.58. The number of aromatic nitrogens is 2. The van der Waals surface area contributed by atoms with Crippen molar-refractivity contribution in [1.29, 1.82) is 0 Å². The Hall–Kier alpha value is -1.23. The molecular weight excluding hydrogens is 284 g/mol. The molecule has 0 amide bonds. The third-order valence-electron chi connectivity index (χ3n) is 1.85. The monoisotopic (exact) mass is 289 g/mol. The van der Waals surface area contributed by atoms with Gasteiger partial charge in [-0.25, -0.2) is 4.98 Å². The van der Waals surface area contributed by atoms with Crippen LogP contribution in [0.3, 0.4) is 0 Å². The molecule has 0 saturated heterocycles. The molecule has 7 heteroatoms. The number of ether oxygens (including phenoxy) is 1. The molecule has 0 aliphatic carbocycles. The second kappa shape index (κ2) is 4.96. The lowest BCUT2D eigenvalue weighted by atomic mass is 10.3. The molecule has 0 bridgehead atoms. The van der Waals surface area contributed by atoms with E-state index in [0.717, 1.165) is 0 Å². The minimum atomic E-state index is 0.128. The van der Waals surface area contributed by atoms with Gasteiger partial charge in [-0.05, 0) is 18.2 Å². The summed E-state index contributed by atoms with van der Waals surface area (Å²) in [5.41, 5.74) is 5.82. The normalized spacial score (nSPS) is 10.3. The highest BCUT2D eigenvalue weighted by Crippen LogP contribution is 2.31. The molecule has 0 saturated carbocycles. The van der Waals surface area contributed by atoms with Crippen LogP contribution in [0, 0.1) is 0 Å². The summed E-state index contributed by atoms with van der Waals surface area (Å²) in [5.74, 6) is 0.576. The maximum atomic E-state index is 5.83. The number of nitrogens with zero attached hydrogens (tertiary/aromatic N) is 2. The van der Waals surface area contributed by atoms with Gasteiger partial charge in [0, 0.05) is 10.0 Å². The number of nitrogens with two attached hydrogens (primary N) is 1. The van der Waals surface area contributed by atoms with Crippen molar-refractivity contribution < 1.29 is 4.74 Å². The zero-order chi connectivity index (χ0) is 12.4. The van der Waals surface area contributed by atoms with Crippen LogP contribution in [0.4, 0.5) is 5.69 Å². The van der Waals surface area contributed by atoms with E-state index >= 15 is 0 Å². The van der Waals surface area contributed by atoms with Gasteiger partial charge in [0.05, 0.1) is 0 Å². The third kappa shape index (κ3) is 2.91. The fourth-order valence-electron chi connectivity index (χ4n) is 1.14. The van der Waals surface area contributed by atoms with Crippen molar-refractivity contribution in [3.8, 4) is 11.6 Å². The van der Waals surface area contributed by atoms with E-state index in [1.807, 2.05) is 0 Å². The first-order valence-electron chi connectivity index (χ1n) is 4.46. The lowest BCUT2D eigenvalue weighted by molar-refractivity contribution is 0.464. The van der Waals surface area contributed by atoms with E-state index in [1.165, 1.54) is 6.33 Å². The summed E-state index contributed by atoms with van der Waals surface area (Å²) in [6.45, 7) is 0. The maximum absolute atomic E-state index is 5.83. The minimum Gasteiger partial charge on any atom is -0.437 e. The Bertz CT molecular complexity index is 542. The van der Waals surface area contributed by atoms with Gasteiger partial charge in [0.25, 0.3) is 0 Å². The number of hydrogen-bond acceptors (Lipinski definition) is 4. The summed E-state index contributed by atoms with van der Waals surface area (Å²) in [7, 11) is 0. The number of anilines is 1. The Morgan fingerprint density at radius 3 is 2.29 bits per heavy atom. The van der Waals surface area contributed by atoms with E-state index in [-0.39, 0.29) is 16.7 Å². The van der Waals surface area contributed by atoms with Crippen LogP contribution in [0.25, 0.3) is 0 Å². The molecule has 0 atom stereocenters. The van der Waals surface area contributed by atoms with Gasteiger partial charge in [-0.2, -0.15) is 4.98 Å². The Labute approximate surface area is 112 Å². The first kappa shape index (κ1) is 12.2. The van der Waals surface area contributed by atoms with E-state index < -0.39 is 0 Å². The highest BCUT2D eigenvalue weighted by atomic mass is 35.5.